The molecule has 0 N–H and O–H groups in total. The first-order chi connectivity index (χ1) is 13.6. The van der Waals surface area contributed by atoms with Crippen molar-refractivity contribution in [3.05, 3.63) is 23.8 Å². The average Bonchev–Trinajstić information content (AvgIpc) is 2.75. The number of benzene rings is 1. The smallest absolute Gasteiger partial charge is 0.204 e. The average molecular weight is 395 g/mol. The number of hydrogen-bond donors (Lipinski definition) is 0. The summed E-state index contributed by atoms with van der Waals surface area (Å²) in [4.78, 5) is 10.8. The summed E-state index contributed by atoms with van der Waals surface area (Å²) in [5.74, 6) is -0.400. The molecule has 2 aliphatic rings. The fourth-order valence-corrected chi connectivity index (χ4v) is 4.45. The Morgan fingerprint density at radius 2 is 1.25 bits per heavy atom. The standard InChI is InChI=1S/C23H32F2O3/c1-2-16-3-7-18(8-4-16)14-27-20-11-12-21(23(25)22(20)24)28-15-19-9-5-17(13-26)6-10-19/h11-13,16-19H,2-10,14-15H2,1H3. The fourth-order valence-electron chi connectivity index (χ4n) is 4.45. The van der Waals surface area contributed by atoms with E-state index in [1.807, 2.05) is 0 Å². The molecule has 0 amide bonds. The molecule has 2 aliphatic carbocycles. The summed E-state index contributed by atoms with van der Waals surface area (Å²) in [5.41, 5.74) is 0. The number of aldehydes is 1. The predicted octanol–water partition coefficient (Wildman–Crippen LogP) is 5.94. The van der Waals surface area contributed by atoms with Crippen molar-refractivity contribution >= 4 is 6.29 Å². The molecule has 1 aromatic rings. The number of carbonyl (C=O) groups excluding carboxylic acids is 1. The summed E-state index contributed by atoms with van der Waals surface area (Å²) in [6, 6.07) is 2.92. The number of rotatable bonds is 8. The normalized spacial score (nSPS) is 28.0. The van der Waals surface area contributed by atoms with Crippen molar-refractivity contribution in [2.75, 3.05) is 13.2 Å². The Labute approximate surface area is 166 Å². The molecule has 0 radical (unpaired) electrons. The first-order valence-electron chi connectivity index (χ1n) is 10.8. The van der Waals surface area contributed by atoms with Crippen LogP contribution in [0.5, 0.6) is 11.5 Å². The third kappa shape index (κ3) is 5.45. The van der Waals surface area contributed by atoms with Gasteiger partial charge in [-0.15, -0.1) is 0 Å². The largest absolute Gasteiger partial charge is 0.490 e. The van der Waals surface area contributed by atoms with E-state index in [0.717, 1.165) is 50.7 Å². The summed E-state index contributed by atoms with van der Waals surface area (Å²) in [6.07, 6.45) is 10.3. The molecular formula is C23H32F2O3. The first-order valence-corrected chi connectivity index (χ1v) is 10.8. The van der Waals surface area contributed by atoms with Crippen LogP contribution in [0, 0.1) is 35.3 Å². The van der Waals surface area contributed by atoms with Crippen LogP contribution >= 0.6 is 0 Å². The molecule has 0 heterocycles. The van der Waals surface area contributed by atoms with Crippen LogP contribution in [-0.4, -0.2) is 19.5 Å². The lowest BCUT2D eigenvalue weighted by Crippen LogP contribution is -2.21. The zero-order chi connectivity index (χ0) is 19.9. The fraction of sp³-hybridized carbons (Fsp3) is 0.696. The van der Waals surface area contributed by atoms with E-state index in [9.17, 15) is 13.6 Å². The Morgan fingerprint density at radius 1 is 0.821 bits per heavy atom. The molecular weight excluding hydrogens is 362 g/mol. The number of carbonyl (C=O) groups is 1. The molecule has 0 unspecified atom stereocenters. The molecule has 5 heteroatoms. The van der Waals surface area contributed by atoms with Gasteiger partial charge in [0.05, 0.1) is 13.2 Å². The van der Waals surface area contributed by atoms with Gasteiger partial charge in [-0.05, 0) is 68.4 Å². The Balaban J connectivity index is 1.48. The topological polar surface area (TPSA) is 35.5 Å². The molecule has 0 atom stereocenters. The van der Waals surface area contributed by atoms with Crippen LogP contribution in [0.15, 0.2) is 12.1 Å². The Morgan fingerprint density at radius 3 is 1.68 bits per heavy atom. The van der Waals surface area contributed by atoms with Crippen molar-refractivity contribution in [1.82, 2.24) is 0 Å². The molecule has 3 nitrogen and oxygen atoms in total. The highest BCUT2D eigenvalue weighted by molar-refractivity contribution is 5.53. The van der Waals surface area contributed by atoms with Gasteiger partial charge in [0.1, 0.15) is 6.29 Å². The van der Waals surface area contributed by atoms with Gasteiger partial charge in [-0.2, -0.15) is 8.78 Å². The second kappa shape index (κ2) is 10.2. The molecule has 3 rings (SSSR count). The van der Waals surface area contributed by atoms with Crippen LogP contribution in [0.4, 0.5) is 8.78 Å². The van der Waals surface area contributed by atoms with Crippen LogP contribution in [0.2, 0.25) is 0 Å². The van der Waals surface area contributed by atoms with Gasteiger partial charge in [0.25, 0.3) is 0 Å². The minimum atomic E-state index is -0.978. The van der Waals surface area contributed by atoms with Gasteiger partial charge in [-0.25, -0.2) is 0 Å². The molecule has 156 valence electrons. The third-order valence-electron chi connectivity index (χ3n) is 6.59. The molecule has 0 aliphatic heterocycles. The van der Waals surface area contributed by atoms with E-state index in [1.165, 1.54) is 31.4 Å². The van der Waals surface area contributed by atoms with Gasteiger partial charge < -0.3 is 14.3 Å². The van der Waals surface area contributed by atoms with Crippen molar-refractivity contribution in [3.63, 3.8) is 0 Å². The van der Waals surface area contributed by atoms with E-state index in [4.69, 9.17) is 9.47 Å². The summed E-state index contributed by atoms with van der Waals surface area (Å²) < 4.78 is 39.9. The lowest BCUT2D eigenvalue weighted by atomic mass is 9.81. The number of halogens is 2. The number of ether oxygens (including phenoxy) is 2. The summed E-state index contributed by atoms with van der Waals surface area (Å²) in [7, 11) is 0. The van der Waals surface area contributed by atoms with Gasteiger partial charge in [0.15, 0.2) is 11.5 Å². The van der Waals surface area contributed by atoms with Crippen LogP contribution in [0.3, 0.4) is 0 Å². The molecule has 2 fully saturated rings. The minimum Gasteiger partial charge on any atom is -0.490 e. The van der Waals surface area contributed by atoms with Crippen LogP contribution in [-0.2, 0) is 4.79 Å². The van der Waals surface area contributed by atoms with E-state index in [-0.39, 0.29) is 23.3 Å². The van der Waals surface area contributed by atoms with E-state index in [1.54, 1.807) is 0 Å². The van der Waals surface area contributed by atoms with Gasteiger partial charge in [0, 0.05) is 5.92 Å². The molecule has 0 saturated heterocycles. The van der Waals surface area contributed by atoms with Crippen molar-refractivity contribution in [3.8, 4) is 11.5 Å². The maximum atomic E-state index is 14.4. The second-order valence-corrected chi connectivity index (χ2v) is 8.52. The summed E-state index contributed by atoms with van der Waals surface area (Å²) in [6.45, 7) is 3.01. The summed E-state index contributed by atoms with van der Waals surface area (Å²) in [5, 5.41) is 0. The monoisotopic (exact) mass is 394 g/mol. The lowest BCUT2D eigenvalue weighted by Gasteiger charge is -2.27. The first kappa shape index (κ1) is 21.1. The van der Waals surface area contributed by atoms with Crippen molar-refractivity contribution in [1.29, 1.82) is 0 Å². The van der Waals surface area contributed by atoms with E-state index < -0.39 is 11.6 Å². The number of hydrogen-bond acceptors (Lipinski definition) is 3. The van der Waals surface area contributed by atoms with Crippen molar-refractivity contribution in [2.45, 2.75) is 64.7 Å². The third-order valence-corrected chi connectivity index (χ3v) is 6.59. The Hall–Kier alpha value is -1.65. The summed E-state index contributed by atoms with van der Waals surface area (Å²) >= 11 is 0. The van der Waals surface area contributed by atoms with Crippen LogP contribution in [0.1, 0.15) is 64.7 Å². The van der Waals surface area contributed by atoms with Gasteiger partial charge in [-0.3, -0.25) is 0 Å². The molecule has 0 spiro atoms. The zero-order valence-electron chi connectivity index (χ0n) is 16.8. The second-order valence-electron chi connectivity index (χ2n) is 8.52. The Kier molecular flexibility index (Phi) is 7.69. The van der Waals surface area contributed by atoms with E-state index in [2.05, 4.69) is 6.92 Å². The van der Waals surface area contributed by atoms with Crippen molar-refractivity contribution in [2.24, 2.45) is 23.7 Å². The zero-order valence-corrected chi connectivity index (χ0v) is 16.8. The van der Waals surface area contributed by atoms with Gasteiger partial charge in [-0.1, -0.05) is 26.2 Å². The lowest BCUT2D eigenvalue weighted by molar-refractivity contribution is -0.112. The molecule has 2 saturated carbocycles. The molecule has 1 aromatic carbocycles. The van der Waals surface area contributed by atoms with E-state index in [0.29, 0.717) is 19.1 Å². The van der Waals surface area contributed by atoms with Crippen molar-refractivity contribution < 1.29 is 23.0 Å². The van der Waals surface area contributed by atoms with Crippen LogP contribution in [0.25, 0.3) is 0 Å². The molecule has 28 heavy (non-hydrogen) atoms. The van der Waals surface area contributed by atoms with Gasteiger partial charge >= 0.3 is 0 Å². The SMILES string of the molecule is CCC1CCC(COc2ccc(OCC3CCC(C=O)CC3)c(F)c2F)CC1. The quantitative estimate of drug-likeness (QED) is 0.512. The highest BCUT2D eigenvalue weighted by Crippen LogP contribution is 2.33. The minimum absolute atomic E-state index is 0.0334. The highest BCUT2D eigenvalue weighted by atomic mass is 19.2. The highest BCUT2D eigenvalue weighted by Gasteiger charge is 2.24. The molecule has 0 bridgehead atoms. The molecule has 0 aromatic heterocycles. The Bertz CT molecular complexity index is 633. The maximum Gasteiger partial charge on any atom is 0.204 e. The predicted molar refractivity (Wildman–Crippen MR) is 105 cm³/mol. The van der Waals surface area contributed by atoms with Crippen LogP contribution < -0.4 is 9.47 Å². The van der Waals surface area contributed by atoms with Gasteiger partial charge in [0.2, 0.25) is 11.6 Å². The van der Waals surface area contributed by atoms with E-state index >= 15 is 0 Å². The maximum absolute atomic E-state index is 14.4.